The number of carbonyl (C=O) groups is 2. The van der Waals surface area contributed by atoms with Crippen molar-refractivity contribution in [2.24, 2.45) is 5.92 Å². The molecule has 0 spiro atoms. The highest BCUT2D eigenvalue weighted by atomic mass is 19.1. The van der Waals surface area contributed by atoms with Crippen molar-refractivity contribution in [1.29, 1.82) is 0 Å². The van der Waals surface area contributed by atoms with Crippen LogP contribution in [0.25, 0.3) is 0 Å². The van der Waals surface area contributed by atoms with Gasteiger partial charge < -0.3 is 10.6 Å². The largest absolute Gasteiger partial charge is 0.348 e. The lowest BCUT2D eigenvalue weighted by Crippen LogP contribution is -2.25. The number of benzene rings is 3. The van der Waals surface area contributed by atoms with E-state index in [1.165, 1.54) is 12.1 Å². The molecule has 2 atom stereocenters. The van der Waals surface area contributed by atoms with Crippen LogP contribution in [0.5, 0.6) is 0 Å². The number of para-hydroxylation sites is 1. The van der Waals surface area contributed by atoms with Crippen LogP contribution in [0.3, 0.4) is 0 Å². The summed E-state index contributed by atoms with van der Waals surface area (Å²) in [6, 6.07) is 21.2. The molecule has 0 bridgehead atoms. The van der Waals surface area contributed by atoms with Gasteiger partial charge in [-0.15, -0.1) is 0 Å². The quantitative estimate of drug-likeness (QED) is 0.622. The predicted octanol–water partition coefficient (Wildman–Crippen LogP) is 4.81. The Morgan fingerprint density at radius 3 is 2.40 bits per heavy atom. The fourth-order valence-corrected chi connectivity index (χ4v) is 3.56. The second-order valence-corrected chi connectivity index (χ2v) is 7.70. The average Bonchev–Trinajstić information content (AvgIpc) is 3.55. The molecule has 0 saturated heterocycles. The fourth-order valence-electron chi connectivity index (χ4n) is 3.56. The molecule has 4 nitrogen and oxygen atoms in total. The summed E-state index contributed by atoms with van der Waals surface area (Å²) in [7, 11) is 0. The van der Waals surface area contributed by atoms with Crippen molar-refractivity contribution < 1.29 is 14.0 Å². The summed E-state index contributed by atoms with van der Waals surface area (Å²) >= 11 is 0. The number of aryl methyl sites for hydroxylation is 1. The molecule has 1 aliphatic rings. The molecule has 1 aliphatic carbocycles. The molecule has 2 N–H and O–H groups in total. The lowest BCUT2D eigenvalue weighted by atomic mass is 10.1. The third-order valence-electron chi connectivity index (χ3n) is 5.43. The molecular weight excluding hydrogens is 379 g/mol. The Labute approximate surface area is 175 Å². The van der Waals surface area contributed by atoms with Gasteiger partial charge >= 0.3 is 0 Å². The minimum absolute atomic E-state index is 0.0909. The summed E-state index contributed by atoms with van der Waals surface area (Å²) in [6.45, 7) is 2.43. The van der Waals surface area contributed by atoms with Crippen LogP contribution < -0.4 is 10.6 Å². The van der Waals surface area contributed by atoms with Gasteiger partial charge in [0.1, 0.15) is 5.82 Å². The van der Waals surface area contributed by atoms with E-state index in [1.54, 1.807) is 36.4 Å². The summed E-state index contributed by atoms with van der Waals surface area (Å²) in [5.41, 5.74) is 4.05. The molecule has 0 aromatic heterocycles. The van der Waals surface area contributed by atoms with Crippen molar-refractivity contribution in [3.05, 3.63) is 101 Å². The maximum atomic E-state index is 13.1. The van der Waals surface area contributed by atoms with Gasteiger partial charge in [-0.2, -0.15) is 0 Å². The highest BCUT2D eigenvalue weighted by molar-refractivity contribution is 6.04. The van der Waals surface area contributed by atoms with Gasteiger partial charge in [0.05, 0.1) is 11.3 Å². The van der Waals surface area contributed by atoms with Gasteiger partial charge in [0.15, 0.2) is 0 Å². The molecule has 1 saturated carbocycles. The smallest absolute Gasteiger partial charge is 0.253 e. The Bertz CT molecular complexity index is 1060. The van der Waals surface area contributed by atoms with Crippen molar-refractivity contribution in [2.45, 2.75) is 25.8 Å². The number of amides is 2. The summed E-state index contributed by atoms with van der Waals surface area (Å²) in [6.07, 6.45) is 0.721. The molecule has 1 fully saturated rings. The van der Waals surface area contributed by atoms with Crippen molar-refractivity contribution in [2.75, 3.05) is 5.32 Å². The van der Waals surface area contributed by atoms with E-state index in [0.717, 1.165) is 23.1 Å². The molecule has 0 radical (unpaired) electrons. The van der Waals surface area contributed by atoms with Crippen molar-refractivity contribution in [3.63, 3.8) is 0 Å². The Balaban J connectivity index is 1.39. The lowest BCUT2D eigenvalue weighted by Gasteiger charge is -2.12. The van der Waals surface area contributed by atoms with E-state index < -0.39 is 0 Å². The van der Waals surface area contributed by atoms with Crippen LogP contribution in [0.4, 0.5) is 10.1 Å². The van der Waals surface area contributed by atoms with Crippen LogP contribution in [0, 0.1) is 18.7 Å². The highest BCUT2D eigenvalue weighted by Crippen LogP contribution is 2.48. The van der Waals surface area contributed by atoms with Gasteiger partial charge in [-0.05, 0) is 54.7 Å². The zero-order valence-corrected chi connectivity index (χ0v) is 16.7. The predicted molar refractivity (Wildman–Crippen MR) is 115 cm³/mol. The molecule has 4 rings (SSSR count). The summed E-state index contributed by atoms with van der Waals surface area (Å²) in [5.74, 6) is -0.723. The summed E-state index contributed by atoms with van der Waals surface area (Å²) < 4.78 is 13.1. The first-order valence-corrected chi connectivity index (χ1v) is 10.0. The summed E-state index contributed by atoms with van der Waals surface area (Å²) in [4.78, 5) is 25.4. The van der Waals surface area contributed by atoms with Crippen LogP contribution in [0.2, 0.25) is 0 Å². The zero-order valence-electron chi connectivity index (χ0n) is 16.7. The lowest BCUT2D eigenvalue weighted by molar-refractivity contribution is -0.117. The van der Waals surface area contributed by atoms with Crippen LogP contribution in [0.15, 0.2) is 72.8 Å². The van der Waals surface area contributed by atoms with E-state index in [0.29, 0.717) is 17.8 Å². The first kappa shape index (κ1) is 19.8. The van der Waals surface area contributed by atoms with Crippen LogP contribution in [-0.2, 0) is 11.3 Å². The van der Waals surface area contributed by atoms with Gasteiger partial charge in [-0.1, -0.05) is 54.1 Å². The molecule has 152 valence electrons. The highest BCUT2D eigenvalue weighted by Gasteiger charge is 2.44. The summed E-state index contributed by atoms with van der Waals surface area (Å²) in [5, 5.41) is 5.80. The molecule has 2 unspecified atom stereocenters. The monoisotopic (exact) mass is 402 g/mol. The van der Waals surface area contributed by atoms with E-state index in [1.807, 2.05) is 31.2 Å². The number of hydrogen-bond acceptors (Lipinski definition) is 2. The van der Waals surface area contributed by atoms with Gasteiger partial charge in [-0.25, -0.2) is 4.39 Å². The Hall–Kier alpha value is -3.47. The van der Waals surface area contributed by atoms with E-state index >= 15 is 0 Å². The second-order valence-electron chi connectivity index (χ2n) is 7.70. The number of carbonyl (C=O) groups excluding carboxylic acids is 2. The molecule has 3 aromatic rings. The average molecular weight is 402 g/mol. The number of halogens is 1. The van der Waals surface area contributed by atoms with E-state index in [-0.39, 0.29) is 29.5 Å². The van der Waals surface area contributed by atoms with Gasteiger partial charge in [-0.3, -0.25) is 9.59 Å². The maximum Gasteiger partial charge on any atom is 0.253 e. The first-order valence-electron chi connectivity index (χ1n) is 10.0. The molecule has 5 heteroatoms. The first-order chi connectivity index (χ1) is 14.5. The van der Waals surface area contributed by atoms with Crippen LogP contribution in [-0.4, -0.2) is 11.8 Å². The Morgan fingerprint density at radius 2 is 1.67 bits per heavy atom. The zero-order chi connectivity index (χ0) is 21.1. The van der Waals surface area contributed by atoms with E-state index in [9.17, 15) is 14.0 Å². The third-order valence-corrected chi connectivity index (χ3v) is 5.43. The normalized spacial score (nSPS) is 17.3. The van der Waals surface area contributed by atoms with Crippen LogP contribution >= 0.6 is 0 Å². The van der Waals surface area contributed by atoms with Gasteiger partial charge in [0, 0.05) is 12.5 Å². The van der Waals surface area contributed by atoms with Crippen molar-refractivity contribution >= 4 is 17.5 Å². The number of hydrogen-bond donors (Lipinski definition) is 2. The van der Waals surface area contributed by atoms with E-state index in [4.69, 9.17) is 0 Å². The Morgan fingerprint density at radius 1 is 0.967 bits per heavy atom. The van der Waals surface area contributed by atoms with E-state index in [2.05, 4.69) is 10.6 Å². The number of nitrogens with one attached hydrogen (secondary N) is 2. The standard InChI is InChI=1S/C25H23FN2O2/c1-16-6-8-17(9-7-16)15-27-24(29)20-4-2-3-5-23(20)28-25(30)22-14-21(22)18-10-12-19(26)13-11-18/h2-13,21-22H,14-15H2,1H3,(H,27,29)(H,28,30). The molecular formula is C25H23FN2O2. The molecule has 30 heavy (non-hydrogen) atoms. The molecule has 3 aromatic carbocycles. The third kappa shape index (κ3) is 4.57. The van der Waals surface area contributed by atoms with Gasteiger partial charge in [0.25, 0.3) is 5.91 Å². The van der Waals surface area contributed by atoms with Crippen molar-refractivity contribution in [3.8, 4) is 0 Å². The minimum Gasteiger partial charge on any atom is -0.348 e. The minimum atomic E-state index is -0.286. The molecule has 0 aliphatic heterocycles. The SMILES string of the molecule is Cc1ccc(CNC(=O)c2ccccc2NC(=O)C2CC2c2ccc(F)cc2)cc1. The van der Waals surface area contributed by atoms with Gasteiger partial charge in [0.2, 0.25) is 5.91 Å². The second kappa shape index (κ2) is 8.49. The topological polar surface area (TPSA) is 58.2 Å². The Kier molecular flexibility index (Phi) is 5.61. The van der Waals surface area contributed by atoms with Crippen molar-refractivity contribution in [1.82, 2.24) is 5.32 Å². The maximum absolute atomic E-state index is 13.1. The molecule has 2 amide bonds. The van der Waals surface area contributed by atoms with Crippen LogP contribution in [0.1, 0.15) is 39.4 Å². The molecule has 0 heterocycles. The fraction of sp³-hybridized carbons (Fsp3) is 0.200. The number of anilines is 1. The number of rotatable bonds is 6.